The van der Waals surface area contributed by atoms with Crippen molar-refractivity contribution in [2.45, 2.75) is 38.6 Å². The van der Waals surface area contributed by atoms with Crippen molar-refractivity contribution in [2.75, 3.05) is 16.8 Å². The van der Waals surface area contributed by atoms with Gasteiger partial charge in [0, 0.05) is 28.6 Å². The van der Waals surface area contributed by atoms with Gasteiger partial charge in [-0.1, -0.05) is 6.92 Å². The lowest BCUT2D eigenvalue weighted by atomic mass is 9.88. The Kier molecular flexibility index (Phi) is 6.04. The van der Waals surface area contributed by atoms with E-state index in [0.717, 1.165) is 23.3 Å². The number of benzene rings is 1. The van der Waals surface area contributed by atoms with Crippen LogP contribution in [0.3, 0.4) is 0 Å². The molecule has 2 amide bonds. The van der Waals surface area contributed by atoms with Crippen LogP contribution in [0.4, 0.5) is 10.7 Å². The third kappa shape index (κ3) is 4.68. The number of rotatable bonds is 5. The number of carbonyl (C=O) groups is 2. The highest BCUT2D eigenvalue weighted by Crippen LogP contribution is 2.40. The highest BCUT2D eigenvalue weighted by Gasteiger charge is 2.33. The Labute approximate surface area is 189 Å². The van der Waals surface area contributed by atoms with Gasteiger partial charge >= 0.3 is 0 Å². The molecule has 2 aliphatic rings. The maximum absolute atomic E-state index is 13.2. The second-order valence-electron chi connectivity index (χ2n) is 8.39. The number of hydrogen-bond acceptors (Lipinski definition) is 7. The quantitative estimate of drug-likeness (QED) is 0.502. The molecule has 2 N–H and O–H groups in total. The summed E-state index contributed by atoms with van der Waals surface area (Å²) in [5.41, 5.74) is 1.43. The minimum absolute atomic E-state index is 0.0565. The summed E-state index contributed by atoms with van der Waals surface area (Å²) < 4.78 is 23.5. The predicted molar refractivity (Wildman–Crippen MR) is 121 cm³/mol. The lowest BCUT2D eigenvalue weighted by molar-refractivity contribution is -0.384. The van der Waals surface area contributed by atoms with Crippen LogP contribution in [0.5, 0.6) is 0 Å². The fourth-order valence-electron chi connectivity index (χ4n) is 4.16. The van der Waals surface area contributed by atoms with Crippen LogP contribution in [-0.2, 0) is 22.7 Å². The maximum Gasteiger partial charge on any atom is 0.269 e. The molecule has 2 unspecified atom stereocenters. The van der Waals surface area contributed by atoms with Gasteiger partial charge in [0.05, 0.1) is 22.0 Å². The zero-order chi connectivity index (χ0) is 23.0. The van der Waals surface area contributed by atoms with E-state index in [1.54, 1.807) is 0 Å². The standard InChI is InChI=1S/C21H23N3O6S2/c1-12-2-7-16-17(10-12)31-21(18(16)20(26)22-14-8-9-32(29,30)11-14)23-19(25)13-3-5-15(6-4-13)24(27)28/h3-6,12,14H,2,7-11H2,1H3,(H,22,26)(H,23,25). The molecule has 11 heteroatoms. The summed E-state index contributed by atoms with van der Waals surface area (Å²) in [7, 11) is -3.14. The monoisotopic (exact) mass is 477 g/mol. The molecule has 2 atom stereocenters. The molecule has 0 bridgehead atoms. The van der Waals surface area contributed by atoms with E-state index in [4.69, 9.17) is 0 Å². The van der Waals surface area contributed by atoms with Gasteiger partial charge in [0.2, 0.25) is 0 Å². The lowest BCUT2D eigenvalue weighted by Gasteiger charge is -2.19. The van der Waals surface area contributed by atoms with E-state index >= 15 is 0 Å². The molecule has 2 heterocycles. The van der Waals surface area contributed by atoms with Gasteiger partial charge in [-0.3, -0.25) is 19.7 Å². The van der Waals surface area contributed by atoms with Crippen molar-refractivity contribution in [3.05, 3.63) is 55.9 Å². The molecule has 170 valence electrons. The van der Waals surface area contributed by atoms with Crippen LogP contribution in [0.25, 0.3) is 0 Å². The summed E-state index contributed by atoms with van der Waals surface area (Å²) in [6, 6.07) is 4.80. The van der Waals surface area contributed by atoms with Crippen LogP contribution in [0.15, 0.2) is 24.3 Å². The van der Waals surface area contributed by atoms with Gasteiger partial charge in [-0.15, -0.1) is 11.3 Å². The minimum atomic E-state index is -3.14. The first-order valence-electron chi connectivity index (χ1n) is 10.3. The van der Waals surface area contributed by atoms with Crippen molar-refractivity contribution in [1.29, 1.82) is 0 Å². The molecular formula is C21H23N3O6S2. The number of nitrogens with one attached hydrogen (secondary N) is 2. The summed E-state index contributed by atoms with van der Waals surface area (Å²) >= 11 is 1.36. The van der Waals surface area contributed by atoms with Gasteiger partial charge in [0.15, 0.2) is 9.84 Å². The van der Waals surface area contributed by atoms with Crippen molar-refractivity contribution in [1.82, 2.24) is 5.32 Å². The molecule has 4 rings (SSSR count). The van der Waals surface area contributed by atoms with Crippen LogP contribution >= 0.6 is 11.3 Å². The van der Waals surface area contributed by atoms with Crippen molar-refractivity contribution in [3.8, 4) is 0 Å². The number of anilines is 1. The Morgan fingerprint density at radius 2 is 1.88 bits per heavy atom. The zero-order valence-corrected chi connectivity index (χ0v) is 19.1. The number of non-ortho nitro benzene ring substituents is 1. The fraction of sp³-hybridized carbons (Fsp3) is 0.429. The number of carbonyl (C=O) groups excluding carboxylic acids is 2. The van der Waals surface area contributed by atoms with Crippen molar-refractivity contribution < 1.29 is 22.9 Å². The number of nitrogens with zero attached hydrogens (tertiary/aromatic N) is 1. The molecular weight excluding hydrogens is 454 g/mol. The van der Waals surface area contributed by atoms with Gasteiger partial charge in [-0.05, 0) is 49.3 Å². The molecule has 1 fully saturated rings. The number of thiophene rings is 1. The van der Waals surface area contributed by atoms with E-state index in [1.165, 1.54) is 35.6 Å². The molecule has 0 radical (unpaired) electrons. The minimum Gasteiger partial charge on any atom is -0.348 e. The zero-order valence-electron chi connectivity index (χ0n) is 17.4. The van der Waals surface area contributed by atoms with Crippen molar-refractivity contribution in [2.24, 2.45) is 5.92 Å². The van der Waals surface area contributed by atoms with Crippen molar-refractivity contribution >= 4 is 43.7 Å². The van der Waals surface area contributed by atoms with Crippen LogP contribution in [0.1, 0.15) is 50.9 Å². The topological polar surface area (TPSA) is 135 Å². The molecule has 0 spiro atoms. The van der Waals surface area contributed by atoms with Gasteiger partial charge in [-0.25, -0.2) is 8.42 Å². The van der Waals surface area contributed by atoms with Crippen LogP contribution < -0.4 is 10.6 Å². The van der Waals surface area contributed by atoms with E-state index in [1.807, 2.05) is 0 Å². The third-order valence-corrected chi connectivity index (χ3v) is 8.81. The second-order valence-corrected chi connectivity index (χ2v) is 11.7. The molecule has 1 aliphatic heterocycles. The molecule has 2 aromatic rings. The predicted octanol–water partition coefficient (Wildman–Crippen LogP) is 2.95. The molecule has 0 saturated carbocycles. The van der Waals surface area contributed by atoms with Crippen LogP contribution in [-0.4, -0.2) is 42.7 Å². The largest absolute Gasteiger partial charge is 0.348 e. The summed E-state index contributed by atoms with van der Waals surface area (Å²) in [4.78, 5) is 37.3. The average molecular weight is 478 g/mol. The normalized spacial score (nSPS) is 21.5. The maximum atomic E-state index is 13.2. The Bertz CT molecular complexity index is 1190. The molecule has 1 aromatic carbocycles. The Balaban J connectivity index is 1.60. The molecule has 1 saturated heterocycles. The van der Waals surface area contributed by atoms with Gasteiger partial charge in [0.1, 0.15) is 5.00 Å². The summed E-state index contributed by atoms with van der Waals surface area (Å²) in [5.74, 6) is -0.398. The molecule has 32 heavy (non-hydrogen) atoms. The number of nitro benzene ring substituents is 1. The van der Waals surface area contributed by atoms with E-state index in [2.05, 4.69) is 17.6 Å². The first-order valence-corrected chi connectivity index (χ1v) is 13.0. The number of nitro groups is 1. The Morgan fingerprint density at radius 1 is 1.16 bits per heavy atom. The van der Waals surface area contributed by atoms with E-state index in [0.29, 0.717) is 29.3 Å². The number of hydrogen-bond donors (Lipinski definition) is 2. The Hall–Kier alpha value is -2.79. The molecule has 1 aromatic heterocycles. The second kappa shape index (κ2) is 8.62. The lowest BCUT2D eigenvalue weighted by Crippen LogP contribution is -2.36. The van der Waals surface area contributed by atoms with Gasteiger partial charge < -0.3 is 10.6 Å². The first kappa shape index (κ1) is 22.4. The summed E-state index contributed by atoms with van der Waals surface area (Å²) in [5, 5.41) is 16.9. The third-order valence-electron chi connectivity index (χ3n) is 5.87. The number of fused-ring (bicyclic) bond motifs is 1. The van der Waals surface area contributed by atoms with Crippen LogP contribution in [0.2, 0.25) is 0 Å². The summed E-state index contributed by atoms with van der Waals surface area (Å²) in [6.07, 6.45) is 2.83. The van der Waals surface area contributed by atoms with Crippen LogP contribution in [0, 0.1) is 16.0 Å². The van der Waals surface area contributed by atoms with Gasteiger partial charge in [0.25, 0.3) is 17.5 Å². The molecule has 9 nitrogen and oxygen atoms in total. The fourth-order valence-corrected chi connectivity index (χ4v) is 7.23. The number of amides is 2. The number of sulfone groups is 1. The average Bonchev–Trinajstić information content (AvgIpc) is 3.26. The van der Waals surface area contributed by atoms with Crippen molar-refractivity contribution in [3.63, 3.8) is 0 Å². The first-order chi connectivity index (χ1) is 15.1. The summed E-state index contributed by atoms with van der Waals surface area (Å²) in [6.45, 7) is 2.14. The molecule has 1 aliphatic carbocycles. The van der Waals surface area contributed by atoms with Gasteiger partial charge in [-0.2, -0.15) is 0 Å². The Morgan fingerprint density at radius 3 is 2.50 bits per heavy atom. The van der Waals surface area contributed by atoms with E-state index in [-0.39, 0.29) is 28.7 Å². The van der Waals surface area contributed by atoms with E-state index < -0.39 is 26.7 Å². The smallest absolute Gasteiger partial charge is 0.269 e. The van der Waals surface area contributed by atoms with E-state index in [9.17, 15) is 28.1 Å². The SMILES string of the molecule is CC1CCc2c(sc(NC(=O)c3ccc([N+](=O)[O-])cc3)c2C(=O)NC2CCS(=O)(=O)C2)C1. The highest BCUT2D eigenvalue weighted by atomic mass is 32.2. The highest BCUT2D eigenvalue weighted by molar-refractivity contribution is 7.91.